The molecule has 0 bridgehead atoms. The van der Waals surface area contributed by atoms with E-state index >= 15 is 0 Å². The van der Waals surface area contributed by atoms with Gasteiger partial charge < -0.3 is 0 Å². The summed E-state index contributed by atoms with van der Waals surface area (Å²) in [6.07, 6.45) is -0.175. The number of fused-ring (bicyclic) bond motifs is 1. The van der Waals surface area contributed by atoms with Crippen LogP contribution in [0.4, 0.5) is 0 Å². The summed E-state index contributed by atoms with van der Waals surface area (Å²) in [4.78, 5) is 37.6. The molecular weight excluding hydrogens is 347 g/mol. The van der Waals surface area contributed by atoms with E-state index in [-0.39, 0.29) is 39.9 Å². The molecule has 0 fully saturated rings. The van der Waals surface area contributed by atoms with Gasteiger partial charge in [0.1, 0.15) is 0 Å². The maximum atomic E-state index is 12.7. The molecule has 24 heavy (non-hydrogen) atoms. The summed E-state index contributed by atoms with van der Waals surface area (Å²) < 4.78 is 0. The predicted octanol–water partition coefficient (Wildman–Crippen LogP) is 4.96. The van der Waals surface area contributed by atoms with Crippen LogP contribution in [0.3, 0.4) is 0 Å². The second-order valence-electron chi connectivity index (χ2n) is 5.53. The van der Waals surface area contributed by atoms with Crippen LogP contribution >= 0.6 is 23.2 Å². The Morgan fingerprint density at radius 1 is 0.958 bits per heavy atom. The van der Waals surface area contributed by atoms with Crippen LogP contribution in [-0.2, 0) is 0 Å². The predicted molar refractivity (Wildman–Crippen MR) is 93.2 cm³/mol. The minimum Gasteiger partial charge on any atom is -0.294 e. The van der Waals surface area contributed by atoms with Gasteiger partial charge >= 0.3 is 0 Å². The molecule has 2 aromatic rings. The maximum Gasteiger partial charge on any atom is 0.190 e. The molecule has 1 aliphatic carbocycles. The molecule has 5 heteroatoms. The lowest BCUT2D eigenvalue weighted by Gasteiger charge is -2.18. The molecule has 0 amide bonds. The van der Waals surface area contributed by atoms with Crippen molar-refractivity contribution >= 4 is 40.6 Å². The fourth-order valence-corrected chi connectivity index (χ4v) is 3.25. The second kappa shape index (κ2) is 6.34. The third-order valence-corrected chi connectivity index (χ3v) is 4.60. The summed E-state index contributed by atoms with van der Waals surface area (Å²) in [5, 5.41) is 0.644. The van der Waals surface area contributed by atoms with E-state index in [0.717, 1.165) is 0 Å². The summed E-state index contributed by atoms with van der Waals surface area (Å²) in [7, 11) is 0. The Hall–Kier alpha value is -2.23. The fraction of sp³-hybridized carbons (Fsp3) is 0.105. The van der Waals surface area contributed by atoms with Crippen LogP contribution in [0.5, 0.6) is 0 Å². The summed E-state index contributed by atoms with van der Waals surface area (Å²) >= 11 is 11.9. The van der Waals surface area contributed by atoms with E-state index in [9.17, 15) is 14.4 Å². The van der Waals surface area contributed by atoms with Gasteiger partial charge in [-0.05, 0) is 25.1 Å². The first-order valence-corrected chi connectivity index (χ1v) is 8.02. The minimum absolute atomic E-state index is 0.175. The Morgan fingerprint density at radius 3 is 2.21 bits per heavy atom. The highest BCUT2D eigenvalue weighted by Crippen LogP contribution is 2.30. The van der Waals surface area contributed by atoms with Gasteiger partial charge in [0.25, 0.3) is 0 Å². The van der Waals surface area contributed by atoms with Crippen molar-refractivity contribution in [2.24, 2.45) is 0 Å². The number of benzene rings is 2. The van der Waals surface area contributed by atoms with Crippen LogP contribution < -0.4 is 0 Å². The quantitative estimate of drug-likeness (QED) is 0.728. The van der Waals surface area contributed by atoms with Gasteiger partial charge in [0.15, 0.2) is 17.3 Å². The van der Waals surface area contributed by atoms with E-state index in [4.69, 9.17) is 23.2 Å². The summed E-state index contributed by atoms with van der Waals surface area (Å²) in [5.41, 5.74) is 1.51. The zero-order valence-corrected chi connectivity index (χ0v) is 14.2. The number of ketones is 3. The lowest BCUT2D eigenvalue weighted by molar-refractivity contribution is 0.0943. The Bertz CT molecular complexity index is 926. The molecule has 0 N–H and O–H groups in total. The molecule has 0 aromatic heterocycles. The number of allylic oxidation sites excluding steroid dienone is 2. The van der Waals surface area contributed by atoms with E-state index < -0.39 is 0 Å². The molecule has 0 atom stereocenters. The van der Waals surface area contributed by atoms with Gasteiger partial charge in [0.05, 0.1) is 5.02 Å². The molecular formula is C19H12Cl2O3. The Kier molecular flexibility index (Phi) is 4.39. The number of hydrogen-bond donors (Lipinski definition) is 0. The molecule has 0 unspecified atom stereocenters. The van der Waals surface area contributed by atoms with Crippen molar-refractivity contribution in [1.29, 1.82) is 0 Å². The molecule has 0 radical (unpaired) electrons. The average molecular weight is 359 g/mol. The van der Waals surface area contributed by atoms with E-state index in [0.29, 0.717) is 21.7 Å². The van der Waals surface area contributed by atoms with Crippen molar-refractivity contribution in [3.63, 3.8) is 0 Å². The van der Waals surface area contributed by atoms with Crippen molar-refractivity contribution in [1.82, 2.24) is 0 Å². The van der Waals surface area contributed by atoms with E-state index in [1.165, 1.54) is 12.1 Å². The number of Topliss-reactive ketones (excluding diaryl/α,β-unsaturated/α-hetero) is 3. The molecule has 0 heterocycles. The zero-order chi connectivity index (χ0) is 17.4. The van der Waals surface area contributed by atoms with E-state index in [1.54, 1.807) is 37.3 Å². The number of halogens is 2. The van der Waals surface area contributed by atoms with Crippen LogP contribution in [0.1, 0.15) is 44.4 Å². The van der Waals surface area contributed by atoms with Crippen molar-refractivity contribution < 1.29 is 14.4 Å². The molecule has 0 aliphatic heterocycles. The van der Waals surface area contributed by atoms with E-state index in [1.807, 2.05) is 0 Å². The third kappa shape index (κ3) is 2.81. The Morgan fingerprint density at radius 2 is 1.58 bits per heavy atom. The van der Waals surface area contributed by atoms with Crippen molar-refractivity contribution in [3.8, 4) is 0 Å². The van der Waals surface area contributed by atoms with Crippen LogP contribution in [0.15, 0.2) is 53.6 Å². The minimum atomic E-state index is -0.327. The van der Waals surface area contributed by atoms with Gasteiger partial charge in [-0.2, -0.15) is 0 Å². The van der Waals surface area contributed by atoms with Crippen molar-refractivity contribution in [3.05, 3.63) is 80.3 Å². The first kappa shape index (κ1) is 16.6. The molecule has 3 rings (SSSR count). The van der Waals surface area contributed by atoms with Gasteiger partial charge in [-0.3, -0.25) is 14.4 Å². The number of hydrogen-bond acceptors (Lipinski definition) is 3. The molecule has 1 aliphatic rings. The second-order valence-corrected chi connectivity index (χ2v) is 6.38. The highest BCUT2D eigenvalue weighted by Gasteiger charge is 2.30. The summed E-state index contributed by atoms with van der Waals surface area (Å²) in [5.74, 6) is -0.845. The standard InChI is InChI=1S/C19H12Cl2O3/c1-10-15(9-17(22)14-7-6-11(20)8-16(14)21)19(24)13-5-3-2-4-12(13)18(10)23/h2-8H,9H2,1H3. The topological polar surface area (TPSA) is 51.2 Å². The van der Waals surface area contributed by atoms with Crippen LogP contribution in [0.2, 0.25) is 10.0 Å². The largest absolute Gasteiger partial charge is 0.294 e. The summed E-state index contributed by atoms with van der Waals surface area (Å²) in [6.45, 7) is 1.57. The summed E-state index contributed by atoms with van der Waals surface area (Å²) in [6, 6.07) is 11.2. The first-order valence-electron chi connectivity index (χ1n) is 7.26. The van der Waals surface area contributed by atoms with Gasteiger partial charge in [0.2, 0.25) is 0 Å². The Balaban J connectivity index is 1.98. The first-order chi connectivity index (χ1) is 11.4. The maximum absolute atomic E-state index is 12.7. The highest BCUT2D eigenvalue weighted by molar-refractivity contribution is 6.37. The number of carbonyl (C=O) groups is 3. The van der Waals surface area contributed by atoms with Gasteiger partial charge in [0, 0.05) is 39.3 Å². The van der Waals surface area contributed by atoms with Gasteiger partial charge in [-0.25, -0.2) is 0 Å². The SMILES string of the molecule is CC1=C(CC(=O)c2ccc(Cl)cc2Cl)C(=O)c2ccccc2C1=O. The monoisotopic (exact) mass is 358 g/mol. The van der Waals surface area contributed by atoms with Crippen molar-refractivity contribution in [2.45, 2.75) is 13.3 Å². The number of carbonyl (C=O) groups excluding carboxylic acids is 3. The fourth-order valence-electron chi connectivity index (χ4n) is 2.74. The lowest BCUT2D eigenvalue weighted by Crippen LogP contribution is -2.22. The molecule has 0 saturated heterocycles. The lowest BCUT2D eigenvalue weighted by atomic mass is 9.82. The van der Waals surface area contributed by atoms with Gasteiger partial charge in [-0.15, -0.1) is 0 Å². The molecule has 0 saturated carbocycles. The normalized spacial score (nSPS) is 14.0. The number of rotatable bonds is 3. The van der Waals surface area contributed by atoms with Crippen LogP contribution in [-0.4, -0.2) is 17.3 Å². The molecule has 3 nitrogen and oxygen atoms in total. The average Bonchev–Trinajstić information content (AvgIpc) is 2.56. The van der Waals surface area contributed by atoms with Crippen LogP contribution in [0, 0.1) is 0 Å². The smallest absolute Gasteiger partial charge is 0.190 e. The zero-order valence-electron chi connectivity index (χ0n) is 12.7. The highest BCUT2D eigenvalue weighted by atomic mass is 35.5. The molecule has 2 aromatic carbocycles. The van der Waals surface area contributed by atoms with Gasteiger partial charge in [-0.1, -0.05) is 47.5 Å². The van der Waals surface area contributed by atoms with Crippen LogP contribution in [0.25, 0.3) is 0 Å². The van der Waals surface area contributed by atoms with Crippen molar-refractivity contribution in [2.75, 3.05) is 0 Å². The van der Waals surface area contributed by atoms with E-state index in [2.05, 4.69) is 0 Å². The third-order valence-electron chi connectivity index (χ3n) is 4.05. The Labute approximate surface area is 148 Å². The molecule has 120 valence electrons. The molecule has 0 spiro atoms.